The van der Waals surface area contributed by atoms with Crippen LogP contribution in [0.4, 0.5) is 0 Å². The topological polar surface area (TPSA) is 120 Å². The van der Waals surface area contributed by atoms with Crippen LogP contribution in [0.15, 0.2) is 22.8 Å². The molecule has 6 heteroatoms. The van der Waals surface area contributed by atoms with Crippen LogP contribution in [0.2, 0.25) is 0 Å². The van der Waals surface area contributed by atoms with Crippen LogP contribution in [0.25, 0.3) is 0 Å². The lowest BCUT2D eigenvalue weighted by Gasteiger charge is -2.15. The Kier molecular flexibility index (Phi) is 10.4. The Bertz CT molecular complexity index is 332. The Morgan fingerprint density at radius 1 is 1.42 bits per heavy atom. The highest BCUT2D eigenvalue weighted by atomic mass is 16.4. The van der Waals surface area contributed by atoms with E-state index in [1.165, 1.54) is 38.4 Å². The molecule has 6 nitrogen and oxygen atoms in total. The second-order valence-electron chi connectivity index (χ2n) is 4.13. The monoisotopic (exact) mass is 270 g/mol. The number of hydrogen-bond acceptors (Lipinski definition) is 5. The van der Waals surface area contributed by atoms with E-state index in [4.69, 9.17) is 10.8 Å². The van der Waals surface area contributed by atoms with Crippen molar-refractivity contribution in [2.24, 2.45) is 11.5 Å². The van der Waals surface area contributed by atoms with Crippen molar-refractivity contribution in [3.05, 3.63) is 24.2 Å². The van der Waals surface area contributed by atoms with Crippen LogP contribution in [0.3, 0.4) is 0 Å². The molecule has 1 aromatic rings. The van der Waals surface area contributed by atoms with E-state index in [-0.39, 0.29) is 6.54 Å². The molecule has 5 N–H and O–H groups in total. The van der Waals surface area contributed by atoms with Gasteiger partial charge in [0.1, 0.15) is 0 Å². The standard InChI is InChI=1S/C6H13N.C5H4O2.C2H5NO2/c7-6-4-2-1-3-5-6;6-4-5-2-1-3-7-5;3-1-2(4)5/h6H,1-5,7H2;1-4H;1,3H2,(H,4,5). The Hall–Kier alpha value is -1.66. The molecule has 0 amide bonds. The molecule has 19 heavy (non-hydrogen) atoms. The van der Waals surface area contributed by atoms with Crippen LogP contribution in [0, 0.1) is 0 Å². The Balaban J connectivity index is 0.000000261. The summed E-state index contributed by atoms with van der Waals surface area (Å²) in [4.78, 5) is 19.0. The maximum atomic E-state index is 9.77. The van der Waals surface area contributed by atoms with Crippen molar-refractivity contribution in [2.45, 2.75) is 38.1 Å². The average molecular weight is 270 g/mol. The first-order chi connectivity index (χ1) is 9.10. The van der Waals surface area contributed by atoms with E-state index in [1.54, 1.807) is 12.1 Å². The van der Waals surface area contributed by atoms with E-state index in [0.717, 1.165) is 0 Å². The molecule has 108 valence electrons. The van der Waals surface area contributed by atoms with Gasteiger partial charge in [-0.15, -0.1) is 0 Å². The van der Waals surface area contributed by atoms with Gasteiger partial charge in [0.25, 0.3) is 0 Å². The molecule has 0 spiro atoms. The molecule has 1 aliphatic carbocycles. The zero-order valence-corrected chi connectivity index (χ0v) is 11.0. The highest BCUT2D eigenvalue weighted by Gasteiger charge is 2.06. The van der Waals surface area contributed by atoms with Crippen molar-refractivity contribution in [1.29, 1.82) is 0 Å². The van der Waals surface area contributed by atoms with Crippen LogP contribution in [0.1, 0.15) is 42.7 Å². The molecule has 0 radical (unpaired) electrons. The number of nitrogens with two attached hydrogens (primary N) is 2. The number of aliphatic carboxylic acids is 1. The number of rotatable bonds is 2. The average Bonchev–Trinajstić information content (AvgIpc) is 2.94. The summed E-state index contributed by atoms with van der Waals surface area (Å²) in [5.74, 6) is -0.593. The fraction of sp³-hybridized carbons (Fsp3) is 0.538. The fourth-order valence-corrected chi connectivity index (χ4v) is 1.49. The van der Waals surface area contributed by atoms with Gasteiger partial charge < -0.3 is 21.0 Å². The van der Waals surface area contributed by atoms with Gasteiger partial charge in [0.2, 0.25) is 0 Å². The molecule has 1 fully saturated rings. The van der Waals surface area contributed by atoms with E-state index in [1.807, 2.05) is 0 Å². The predicted octanol–water partition coefficient (Wildman–Crippen LogP) is 1.40. The summed E-state index contributed by atoms with van der Waals surface area (Å²) in [7, 11) is 0. The molecule has 0 unspecified atom stereocenters. The minimum absolute atomic E-state index is 0.278. The highest BCUT2D eigenvalue weighted by molar-refractivity contribution is 5.70. The first kappa shape index (κ1) is 17.3. The number of aldehydes is 1. The van der Waals surface area contributed by atoms with E-state index in [9.17, 15) is 9.59 Å². The van der Waals surface area contributed by atoms with Crippen molar-refractivity contribution in [3.8, 4) is 0 Å². The summed E-state index contributed by atoms with van der Waals surface area (Å²) in [6.45, 7) is -0.278. The maximum Gasteiger partial charge on any atom is 0.317 e. The minimum atomic E-state index is -0.968. The summed E-state index contributed by atoms with van der Waals surface area (Å²) in [5.41, 5.74) is 10.2. The third-order valence-corrected chi connectivity index (χ3v) is 2.48. The SMILES string of the molecule is NC1CCCCC1.NCC(=O)O.O=Cc1ccco1. The molecule has 0 saturated heterocycles. The van der Waals surface area contributed by atoms with Gasteiger partial charge in [-0.2, -0.15) is 0 Å². The van der Waals surface area contributed by atoms with Crippen molar-refractivity contribution >= 4 is 12.3 Å². The highest BCUT2D eigenvalue weighted by Crippen LogP contribution is 2.14. The second-order valence-corrected chi connectivity index (χ2v) is 4.13. The van der Waals surface area contributed by atoms with Crippen molar-refractivity contribution in [2.75, 3.05) is 6.54 Å². The normalized spacial score (nSPS) is 14.4. The van der Waals surface area contributed by atoms with E-state index < -0.39 is 5.97 Å². The number of carboxylic acid groups (broad SMARTS) is 1. The van der Waals surface area contributed by atoms with Gasteiger partial charge in [-0.1, -0.05) is 19.3 Å². The van der Waals surface area contributed by atoms with Crippen LogP contribution in [-0.2, 0) is 4.79 Å². The van der Waals surface area contributed by atoms with Crippen LogP contribution < -0.4 is 11.5 Å². The fourth-order valence-electron chi connectivity index (χ4n) is 1.49. The Morgan fingerprint density at radius 3 is 2.21 bits per heavy atom. The Morgan fingerprint density at radius 2 is 2.00 bits per heavy atom. The molecule has 0 bridgehead atoms. The number of hydrogen-bond donors (Lipinski definition) is 3. The molecule has 1 heterocycles. The maximum absolute atomic E-state index is 9.77. The van der Waals surface area contributed by atoms with Gasteiger partial charge in [-0.25, -0.2) is 0 Å². The van der Waals surface area contributed by atoms with Gasteiger partial charge in [0.05, 0.1) is 12.8 Å². The summed E-state index contributed by atoms with van der Waals surface area (Å²) in [6.07, 6.45) is 8.79. The molecule has 0 aromatic carbocycles. The van der Waals surface area contributed by atoms with E-state index >= 15 is 0 Å². The van der Waals surface area contributed by atoms with Crippen molar-refractivity contribution in [1.82, 2.24) is 0 Å². The summed E-state index contributed by atoms with van der Waals surface area (Å²) in [6, 6.07) is 3.81. The molecular weight excluding hydrogens is 248 g/mol. The van der Waals surface area contributed by atoms with Gasteiger partial charge >= 0.3 is 5.97 Å². The third-order valence-electron chi connectivity index (χ3n) is 2.48. The minimum Gasteiger partial charge on any atom is -0.480 e. The summed E-state index contributed by atoms with van der Waals surface area (Å²) >= 11 is 0. The first-order valence-corrected chi connectivity index (χ1v) is 6.26. The molecule has 1 aliphatic rings. The predicted molar refractivity (Wildman–Crippen MR) is 71.8 cm³/mol. The molecule has 1 aromatic heterocycles. The quantitative estimate of drug-likeness (QED) is 0.699. The molecular formula is C13H22N2O4. The molecule has 2 rings (SSSR count). The lowest BCUT2D eigenvalue weighted by molar-refractivity contribution is -0.135. The molecule has 0 aliphatic heterocycles. The van der Waals surface area contributed by atoms with Crippen molar-refractivity contribution in [3.63, 3.8) is 0 Å². The summed E-state index contributed by atoms with van der Waals surface area (Å²) in [5, 5.41) is 7.60. The van der Waals surface area contributed by atoms with Crippen LogP contribution >= 0.6 is 0 Å². The largest absolute Gasteiger partial charge is 0.480 e. The zero-order valence-electron chi connectivity index (χ0n) is 11.0. The molecule has 0 atom stereocenters. The van der Waals surface area contributed by atoms with Gasteiger partial charge in [0, 0.05) is 6.04 Å². The van der Waals surface area contributed by atoms with Crippen LogP contribution in [0.5, 0.6) is 0 Å². The smallest absolute Gasteiger partial charge is 0.317 e. The number of carbonyl (C=O) groups excluding carboxylic acids is 1. The molecule has 1 saturated carbocycles. The first-order valence-electron chi connectivity index (χ1n) is 6.26. The second kappa shape index (κ2) is 11.4. The van der Waals surface area contributed by atoms with Crippen LogP contribution in [-0.4, -0.2) is 29.9 Å². The van der Waals surface area contributed by atoms with E-state index in [2.05, 4.69) is 10.2 Å². The Labute approximate surface area is 112 Å². The van der Waals surface area contributed by atoms with Gasteiger partial charge in [-0.05, 0) is 25.0 Å². The van der Waals surface area contributed by atoms with E-state index in [0.29, 0.717) is 18.1 Å². The number of furan rings is 1. The van der Waals surface area contributed by atoms with Crippen molar-refractivity contribution < 1.29 is 19.1 Å². The zero-order chi connectivity index (χ0) is 14.5. The van der Waals surface area contributed by atoms with Gasteiger partial charge in [-0.3, -0.25) is 9.59 Å². The number of carboxylic acids is 1. The lowest BCUT2D eigenvalue weighted by atomic mass is 9.97. The number of carbonyl (C=O) groups is 2. The third kappa shape index (κ3) is 11.2. The van der Waals surface area contributed by atoms with Gasteiger partial charge in [0.15, 0.2) is 12.0 Å². The summed E-state index contributed by atoms with van der Waals surface area (Å²) < 4.78 is 4.61. The lowest BCUT2D eigenvalue weighted by Crippen LogP contribution is -2.22.